The minimum atomic E-state index is 0.704. The molecule has 0 fully saturated rings. The number of rotatable bonds is 1. The van der Waals surface area contributed by atoms with E-state index in [9.17, 15) is 0 Å². The monoisotopic (exact) mass is 257 g/mol. The van der Waals surface area contributed by atoms with Crippen molar-refractivity contribution >= 4 is 28.3 Å². The molecule has 3 rings (SSSR count). The van der Waals surface area contributed by atoms with Crippen molar-refractivity contribution in [1.82, 2.24) is 9.97 Å². The second-order valence-corrected chi connectivity index (χ2v) is 4.76. The zero-order chi connectivity index (χ0) is 12.7. The number of H-pyrrole nitrogens is 1. The average Bonchev–Trinajstić information content (AvgIpc) is 2.74. The van der Waals surface area contributed by atoms with E-state index >= 15 is 0 Å². The third kappa shape index (κ3) is 1.83. The Morgan fingerprint density at radius 3 is 2.83 bits per heavy atom. The number of aromatic amines is 1. The molecular formula is C14H12ClN3. The highest BCUT2D eigenvalue weighted by Gasteiger charge is 2.08. The SMILES string of the molecule is Cc1ccc(Cl)cc1-c1nc2ccc(N)cc2[nH]1. The molecule has 1 aromatic heterocycles. The van der Waals surface area contributed by atoms with Crippen LogP contribution in [-0.2, 0) is 0 Å². The maximum Gasteiger partial charge on any atom is 0.138 e. The number of nitrogens with one attached hydrogen (secondary N) is 1. The third-order valence-electron chi connectivity index (χ3n) is 2.96. The lowest BCUT2D eigenvalue weighted by molar-refractivity contribution is 1.31. The van der Waals surface area contributed by atoms with Crippen LogP contribution in [-0.4, -0.2) is 9.97 Å². The molecule has 0 atom stereocenters. The van der Waals surface area contributed by atoms with Crippen molar-refractivity contribution in [3.05, 3.63) is 47.0 Å². The molecule has 0 aliphatic heterocycles. The average molecular weight is 258 g/mol. The van der Waals surface area contributed by atoms with Gasteiger partial charge in [0.15, 0.2) is 0 Å². The molecule has 90 valence electrons. The molecule has 0 aliphatic rings. The van der Waals surface area contributed by atoms with Crippen LogP contribution < -0.4 is 5.73 Å². The lowest BCUT2D eigenvalue weighted by Gasteiger charge is -2.02. The Labute approximate surface area is 110 Å². The Balaban J connectivity index is 2.22. The van der Waals surface area contributed by atoms with Crippen LogP contribution in [0.5, 0.6) is 0 Å². The lowest BCUT2D eigenvalue weighted by Crippen LogP contribution is -1.85. The Morgan fingerprint density at radius 1 is 1.17 bits per heavy atom. The van der Waals surface area contributed by atoms with Crippen LogP contribution in [0.15, 0.2) is 36.4 Å². The van der Waals surface area contributed by atoms with Gasteiger partial charge in [-0.05, 0) is 42.8 Å². The molecule has 3 nitrogen and oxygen atoms in total. The molecule has 0 saturated carbocycles. The summed E-state index contributed by atoms with van der Waals surface area (Å²) in [4.78, 5) is 7.83. The number of imidazole rings is 1. The first-order valence-corrected chi connectivity index (χ1v) is 6.03. The van der Waals surface area contributed by atoms with Crippen molar-refractivity contribution in [2.24, 2.45) is 0 Å². The minimum absolute atomic E-state index is 0.704. The lowest BCUT2D eigenvalue weighted by atomic mass is 10.1. The van der Waals surface area contributed by atoms with Crippen molar-refractivity contribution in [3.63, 3.8) is 0 Å². The summed E-state index contributed by atoms with van der Waals surface area (Å²) in [5, 5.41) is 0.704. The van der Waals surface area contributed by atoms with E-state index in [1.54, 1.807) is 0 Å². The van der Waals surface area contributed by atoms with Gasteiger partial charge in [-0.1, -0.05) is 17.7 Å². The van der Waals surface area contributed by atoms with Gasteiger partial charge in [0, 0.05) is 16.3 Å². The molecule has 0 radical (unpaired) electrons. The van der Waals surface area contributed by atoms with Crippen molar-refractivity contribution in [2.75, 3.05) is 5.73 Å². The first-order valence-electron chi connectivity index (χ1n) is 5.65. The Morgan fingerprint density at radius 2 is 2.00 bits per heavy atom. The summed E-state index contributed by atoms with van der Waals surface area (Å²) in [7, 11) is 0. The van der Waals surface area contributed by atoms with Crippen LogP contribution in [0, 0.1) is 6.92 Å². The number of anilines is 1. The predicted octanol–water partition coefficient (Wildman–Crippen LogP) is 3.77. The van der Waals surface area contributed by atoms with Gasteiger partial charge >= 0.3 is 0 Å². The Bertz CT molecular complexity index is 731. The molecule has 0 bridgehead atoms. The molecule has 0 aliphatic carbocycles. The van der Waals surface area contributed by atoms with Crippen LogP contribution in [0.4, 0.5) is 5.69 Å². The van der Waals surface area contributed by atoms with E-state index < -0.39 is 0 Å². The molecule has 0 amide bonds. The van der Waals surface area contributed by atoms with Crippen LogP contribution >= 0.6 is 11.6 Å². The fraction of sp³-hybridized carbons (Fsp3) is 0.0714. The molecule has 18 heavy (non-hydrogen) atoms. The molecule has 3 aromatic rings. The van der Waals surface area contributed by atoms with Gasteiger partial charge in [-0.2, -0.15) is 0 Å². The van der Waals surface area contributed by atoms with Gasteiger partial charge in [-0.25, -0.2) is 4.98 Å². The number of hydrogen-bond acceptors (Lipinski definition) is 2. The second-order valence-electron chi connectivity index (χ2n) is 4.32. The fourth-order valence-corrected chi connectivity index (χ4v) is 2.18. The van der Waals surface area contributed by atoms with Gasteiger partial charge in [0.1, 0.15) is 5.82 Å². The summed E-state index contributed by atoms with van der Waals surface area (Å²) >= 11 is 6.03. The highest BCUT2D eigenvalue weighted by molar-refractivity contribution is 6.30. The van der Waals surface area contributed by atoms with Crippen LogP contribution in [0.3, 0.4) is 0 Å². The van der Waals surface area contributed by atoms with E-state index in [0.717, 1.165) is 33.7 Å². The van der Waals surface area contributed by atoms with E-state index in [0.29, 0.717) is 5.02 Å². The molecule has 1 heterocycles. The van der Waals surface area contributed by atoms with Crippen molar-refractivity contribution in [2.45, 2.75) is 6.92 Å². The van der Waals surface area contributed by atoms with E-state index in [4.69, 9.17) is 17.3 Å². The zero-order valence-corrected chi connectivity index (χ0v) is 10.6. The van der Waals surface area contributed by atoms with Crippen LogP contribution in [0.25, 0.3) is 22.4 Å². The Hall–Kier alpha value is -2.00. The Kier molecular flexibility index (Phi) is 2.49. The highest BCUT2D eigenvalue weighted by Crippen LogP contribution is 2.26. The molecule has 0 spiro atoms. The number of aromatic nitrogens is 2. The van der Waals surface area contributed by atoms with Gasteiger partial charge < -0.3 is 10.7 Å². The van der Waals surface area contributed by atoms with Crippen molar-refractivity contribution in [3.8, 4) is 11.4 Å². The van der Waals surface area contributed by atoms with Crippen LogP contribution in [0.2, 0.25) is 5.02 Å². The number of hydrogen-bond donors (Lipinski definition) is 2. The van der Waals surface area contributed by atoms with Crippen molar-refractivity contribution in [1.29, 1.82) is 0 Å². The molecular weight excluding hydrogens is 246 g/mol. The number of fused-ring (bicyclic) bond motifs is 1. The number of nitrogens with zero attached hydrogens (tertiary/aromatic N) is 1. The summed E-state index contributed by atoms with van der Waals surface area (Å²) < 4.78 is 0. The largest absolute Gasteiger partial charge is 0.399 e. The van der Waals surface area contributed by atoms with Gasteiger partial charge in [0.2, 0.25) is 0 Å². The maximum absolute atomic E-state index is 6.03. The topological polar surface area (TPSA) is 54.7 Å². The summed E-state index contributed by atoms with van der Waals surface area (Å²) in [6.45, 7) is 2.03. The summed E-state index contributed by atoms with van der Waals surface area (Å²) in [5.41, 5.74) is 10.5. The summed E-state index contributed by atoms with van der Waals surface area (Å²) in [5.74, 6) is 0.815. The first-order chi connectivity index (χ1) is 8.63. The van der Waals surface area contributed by atoms with E-state index in [2.05, 4.69) is 9.97 Å². The number of halogens is 1. The van der Waals surface area contributed by atoms with E-state index in [1.807, 2.05) is 43.3 Å². The number of nitrogen functional groups attached to an aromatic ring is 1. The normalized spacial score (nSPS) is 11.0. The summed E-state index contributed by atoms with van der Waals surface area (Å²) in [6, 6.07) is 11.4. The quantitative estimate of drug-likeness (QED) is 0.652. The second kappa shape index (κ2) is 4.03. The number of nitrogens with two attached hydrogens (primary N) is 1. The molecule has 0 unspecified atom stereocenters. The minimum Gasteiger partial charge on any atom is -0.399 e. The van der Waals surface area contributed by atoms with Gasteiger partial charge in [0.25, 0.3) is 0 Å². The van der Waals surface area contributed by atoms with Crippen LogP contribution in [0.1, 0.15) is 5.56 Å². The van der Waals surface area contributed by atoms with Gasteiger partial charge in [-0.3, -0.25) is 0 Å². The van der Waals surface area contributed by atoms with E-state index in [-0.39, 0.29) is 0 Å². The molecule has 4 heteroatoms. The molecule has 3 N–H and O–H groups in total. The van der Waals surface area contributed by atoms with Gasteiger partial charge in [0.05, 0.1) is 11.0 Å². The standard InChI is InChI=1S/C14H12ClN3/c1-8-2-3-9(15)6-11(8)14-17-12-5-4-10(16)7-13(12)18-14/h2-7H,16H2,1H3,(H,17,18). The maximum atomic E-state index is 6.03. The smallest absolute Gasteiger partial charge is 0.138 e. The fourth-order valence-electron chi connectivity index (χ4n) is 2.00. The predicted molar refractivity (Wildman–Crippen MR) is 75.7 cm³/mol. The number of aryl methyl sites for hydroxylation is 1. The van der Waals surface area contributed by atoms with Gasteiger partial charge in [-0.15, -0.1) is 0 Å². The first kappa shape index (κ1) is 11.1. The van der Waals surface area contributed by atoms with E-state index in [1.165, 1.54) is 0 Å². The summed E-state index contributed by atoms with van der Waals surface area (Å²) in [6.07, 6.45) is 0. The molecule has 2 aromatic carbocycles. The third-order valence-corrected chi connectivity index (χ3v) is 3.20. The zero-order valence-electron chi connectivity index (χ0n) is 9.87. The molecule has 0 saturated heterocycles. The number of benzene rings is 2. The highest BCUT2D eigenvalue weighted by atomic mass is 35.5. The van der Waals surface area contributed by atoms with Crippen molar-refractivity contribution < 1.29 is 0 Å².